The van der Waals surface area contributed by atoms with Gasteiger partial charge in [0, 0.05) is 5.56 Å². The number of benzene rings is 1. The maximum Gasteiger partial charge on any atom is 0.341 e. The van der Waals surface area contributed by atoms with E-state index in [2.05, 4.69) is 6.58 Å². The van der Waals surface area contributed by atoms with Crippen molar-refractivity contribution >= 4 is 5.97 Å². The van der Waals surface area contributed by atoms with E-state index >= 15 is 0 Å². The Bertz CT molecular complexity index is 479. The standard InChI is InChI=1S/C14H18O5/c1-6-7-9-11(16-2)8-10(14(15)19-5)13(18-4)12(9)17-3/h6,8H,1,7H2,2-5H3. The van der Waals surface area contributed by atoms with Crippen LogP contribution in [0.3, 0.4) is 0 Å². The monoisotopic (exact) mass is 266 g/mol. The Kier molecular flexibility index (Phi) is 5.23. The summed E-state index contributed by atoms with van der Waals surface area (Å²) in [6, 6.07) is 1.58. The van der Waals surface area contributed by atoms with Crippen LogP contribution < -0.4 is 14.2 Å². The quantitative estimate of drug-likeness (QED) is 0.583. The summed E-state index contributed by atoms with van der Waals surface area (Å²) in [6.45, 7) is 3.69. The summed E-state index contributed by atoms with van der Waals surface area (Å²) >= 11 is 0. The maximum atomic E-state index is 11.8. The molecule has 104 valence electrons. The fourth-order valence-corrected chi connectivity index (χ4v) is 1.85. The van der Waals surface area contributed by atoms with Gasteiger partial charge in [0.2, 0.25) is 0 Å². The molecule has 0 aliphatic heterocycles. The first-order valence-electron chi connectivity index (χ1n) is 5.65. The van der Waals surface area contributed by atoms with Gasteiger partial charge in [-0.1, -0.05) is 6.08 Å². The number of carbonyl (C=O) groups excluding carboxylic acids is 1. The van der Waals surface area contributed by atoms with Gasteiger partial charge in [0.25, 0.3) is 0 Å². The van der Waals surface area contributed by atoms with Gasteiger partial charge in [-0.05, 0) is 12.5 Å². The minimum atomic E-state index is -0.515. The third-order valence-corrected chi connectivity index (χ3v) is 2.68. The van der Waals surface area contributed by atoms with E-state index in [0.29, 0.717) is 23.7 Å². The summed E-state index contributed by atoms with van der Waals surface area (Å²) in [5.41, 5.74) is 1.02. The third kappa shape index (κ3) is 2.81. The van der Waals surface area contributed by atoms with Crippen molar-refractivity contribution in [2.45, 2.75) is 6.42 Å². The van der Waals surface area contributed by atoms with Gasteiger partial charge in [0.1, 0.15) is 11.3 Å². The predicted molar refractivity (Wildman–Crippen MR) is 71.3 cm³/mol. The Morgan fingerprint density at radius 1 is 1.16 bits per heavy atom. The number of carbonyl (C=O) groups is 1. The molecule has 0 atom stereocenters. The van der Waals surface area contributed by atoms with Crippen molar-refractivity contribution in [1.29, 1.82) is 0 Å². The van der Waals surface area contributed by atoms with Gasteiger partial charge in [-0.25, -0.2) is 4.79 Å². The van der Waals surface area contributed by atoms with E-state index in [1.165, 1.54) is 28.4 Å². The second kappa shape index (κ2) is 6.68. The highest BCUT2D eigenvalue weighted by atomic mass is 16.5. The maximum absolute atomic E-state index is 11.8. The van der Waals surface area contributed by atoms with Crippen LogP contribution in [0.5, 0.6) is 17.2 Å². The summed E-state index contributed by atoms with van der Waals surface area (Å²) < 4.78 is 20.6. The molecule has 0 saturated heterocycles. The Hall–Kier alpha value is -2.17. The van der Waals surface area contributed by atoms with Gasteiger partial charge < -0.3 is 18.9 Å². The fraction of sp³-hybridized carbons (Fsp3) is 0.357. The molecule has 0 amide bonds. The average molecular weight is 266 g/mol. The molecule has 0 unspecified atom stereocenters. The molecule has 0 fully saturated rings. The normalized spacial score (nSPS) is 9.68. The van der Waals surface area contributed by atoms with Gasteiger partial charge in [-0.3, -0.25) is 0 Å². The van der Waals surface area contributed by atoms with Crippen LogP contribution in [0.2, 0.25) is 0 Å². The zero-order valence-corrected chi connectivity index (χ0v) is 11.6. The number of ether oxygens (including phenoxy) is 4. The number of hydrogen-bond acceptors (Lipinski definition) is 5. The largest absolute Gasteiger partial charge is 0.496 e. The molecule has 1 aromatic rings. The highest BCUT2D eigenvalue weighted by Gasteiger charge is 2.24. The fourth-order valence-electron chi connectivity index (χ4n) is 1.85. The van der Waals surface area contributed by atoms with Gasteiger partial charge in [0.15, 0.2) is 11.5 Å². The Balaban J connectivity index is 3.59. The first kappa shape index (κ1) is 14.9. The van der Waals surface area contributed by atoms with Crippen molar-refractivity contribution in [1.82, 2.24) is 0 Å². The lowest BCUT2D eigenvalue weighted by Gasteiger charge is -2.18. The summed E-state index contributed by atoms with van der Waals surface area (Å²) in [6.07, 6.45) is 2.25. The van der Waals surface area contributed by atoms with E-state index in [0.717, 1.165) is 5.56 Å². The van der Waals surface area contributed by atoms with Crippen molar-refractivity contribution < 1.29 is 23.7 Å². The molecule has 1 aromatic carbocycles. The third-order valence-electron chi connectivity index (χ3n) is 2.68. The topological polar surface area (TPSA) is 54.0 Å². The lowest BCUT2D eigenvalue weighted by atomic mass is 10.0. The van der Waals surface area contributed by atoms with Crippen LogP contribution in [0, 0.1) is 0 Å². The Labute approximate surface area is 112 Å². The van der Waals surface area contributed by atoms with E-state index in [1.807, 2.05) is 0 Å². The highest BCUT2D eigenvalue weighted by Crippen LogP contribution is 2.41. The predicted octanol–water partition coefficient (Wildman–Crippen LogP) is 2.23. The SMILES string of the molecule is C=CCc1c(OC)cc(C(=O)OC)c(OC)c1OC. The van der Waals surface area contributed by atoms with Gasteiger partial charge in [0.05, 0.1) is 28.4 Å². The molecule has 0 saturated carbocycles. The highest BCUT2D eigenvalue weighted by molar-refractivity contribution is 5.94. The molecule has 0 N–H and O–H groups in total. The number of rotatable bonds is 6. The lowest BCUT2D eigenvalue weighted by Crippen LogP contribution is -2.08. The van der Waals surface area contributed by atoms with Crippen molar-refractivity contribution in [2.24, 2.45) is 0 Å². The smallest absolute Gasteiger partial charge is 0.341 e. The van der Waals surface area contributed by atoms with Gasteiger partial charge in [-0.2, -0.15) is 0 Å². The zero-order valence-electron chi connectivity index (χ0n) is 11.6. The molecule has 0 aliphatic carbocycles. The molecule has 1 rings (SSSR count). The summed E-state index contributed by atoms with van der Waals surface area (Å²) in [5.74, 6) is 0.783. The molecule has 0 aromatic heterocycles. The van der Waals surface area contributed by atoms with Crippen molar-refractivity contribution in [3.8, 4) is 17.2 Å². The first-order chi connectivity index (χ1) is 9.14. The van der Waals surface area contributed by atoms with Crippen LogP contribution in [0.25, 0.3) is 0 Å². The van der Waals surface area contributed by atoms with E-state index in [-0.39, 0.29) is 5.56 Å². The molecule has 0 aliphatic rings. The van der Waals surface area contributed by atoms with E-state index in [1.54, 1.807) is 12.1 Å². The molecule has 0 bridgehead atoms. The minimum Gasteiger partial charge on any atom is -0.496 e. The van der Waals surface area contributed by atoms with Crippen molar-refractivity contribution in [3.63, 3.8) is 0 Å². The van der Waals surface area contributed by atoms with Crippen LogP contribution >= 0.6 is 0 Å². The van der Waals surface area contributed by atoms with Crippen molar-refractivity contribution in [3.05, 3.63) is 29.8 Å². The van der Waals surface area contributed by atoms with Crippen LogP contribution in [0.4, 0.5) is 0 Å². The summed E-state index contributed by atoms with van der Waals surface area (Å²) in [7, 11) is 5.80. The van der Waals surface area contributed by atoms with Crippen molar-refractivity contribution in [2.75, 3.05) is 28.4 Å². The molecule has 0 spiro atoms. The average Bonchev–Trinajstić information content (AvgIpc) is 2.45. The molecule has 5 heteroatoms. The molecule has 19 heavy (non-hydrogen) atoms. The van der Waals surface area contributed by atoms with Gasteiger partial charge >= 0.3 is 5.97 Å². The summed E-state index contributed by atoms with van der Waals surface area (Å²) in [4.78, 5) is 11.8. The molecular weight excluding hydrogens is 248 g/mol. The van der Waals surface area contributed by atoms with Crippen LogP contribution in [0.15, 0.2) is 18.7 Å². The molecule has 0 heterocycles. The van der Waals surface area contributed by atoms with Gasteiger partial charge in [-0.15, -0.1) is 6.58 Å². The molecule has 5 nitrogen and oxygen atoms in total. The first-order valence-corrected chi connectivity index (χ1v) is 5.65. The van der Waals surface area contributed by atoms with E-state index < -0.39 is 5.97 Å². The number of allylic oxidation sites excluding steroid dienone is 1. The zero-order chi connectivity index (χ0) is 14.4. The van der Waals surface area contributed by atoms with E-state index in [9.17, 15) is 4.79 Å². The number of methoxy groups -OCH3 is 4. The Morgan fingerprint density at radius 2 is 1.79 bits per heavy atom. The second-order valence-corrected chi connectivity index (χ2v) is 3.66. The van der Waals surface area contributed by atoms with Crippen LogP contribution in [-0.2, 0) is 11.2 Å². The number of esters is 1. The summed E-state index contributed by atoms with van der Waals surface area (Å²) in [5, 5.41) is 0. The van der Waals surface area contributed by atoms with Crippen LogP contribution in [0.1, 0.15) is 15.9 Å². The van der Waals surface area contributed by atoms with Crippen LogP contribution in [-0.4, -0.2) is 34.4 Å². The molecular formula is C14H18O5. The lowest BCUT2D eigenvalue weighted by molar-refractivity contribution is 0.0596. The Morgan fingerprint density at radius 3 is 2.21 bits per heavy atom. The molecule has 0 radical (unpaired) electrons. The second-order valence-electron chi connectivity index (χ2n) is 3.66. The minimum absolute atomic E-state index is 0.256. The number of hydrogen-bond donors (Lipinski definition) is 0. The van der Waals surface area contributed by atoms with E-state index in [4.69, 9.17) is 18.9 Å².